The van der Waals surface area contributed by atoms with Crippen molar-refractivity contribution in [3.63, 3.8) is 0 Å². The minimum atomic E-state index is -0.327. The van der Waals surface area contributed by atoms with Gasteiger partial charge in [-0.2, -0.15) is 0 Å². The molecule has 2 rings (SSSR count). The Morgan fingerprint density at radius 1 is 1.50 bits per heavy atom. The monoisotopic (exact) mass is 250 g/mol. The summed E-state index contributed by atoms with van der Waals surface area (Å²) >= 11 is 0. The number of hydrogen-bond acceptors (Lipinski definition) is 4. The van der Waals surface area contributed by atoms with Gasteiger partial charge in [-0.3, -0.25) is 4.79 Å². The molecule has 1 saturated heterocycles. The molecule has 0 radical (unpaired) electrons. The van der Waals surface area contributed by atoms with Gasteiger partial charge in [-0.05, 0) is 30.9 Å². The molecule has 1 heterocycles. The number of rotatable bonds is 4. The third kappa shape index (κ3) is 2.41. The first kappa shape index (κ1) is 12.7. The van der Waals surface area contributed by atoms with Crippen molar-refractivity contribution in [1.29, 1.82) is 0 Å². The zero-order valence-corrected chi connectivity index (χ0v) is 10.2. The fraction of sp³-hybridized carbons (Fsp3) is 0.462. The van der Waals surface area contributed by atoms with Crippen LogP contribution >= 0.6 is 0 Å². The maximum absolute atomic E-state index is 11.3. The van der Waals surface area contributed by atoms with Gasteiger partial charge in [-0.25, -0.2) is 0 Å². The Morgan fingerprint density at radius 3 is 2.89 bits per heavy atom. The molecule has 1 aliphatic heterocycles. The number of amides is 1. The van der Waals surface area contributed by atoms with Gasteiger partial charge in [0.05, 0.1) is 0 Å². The molecular weight excluding hydrogens is 232 g/mol. The molecule has 98 valence electrons. The highest BCUT2D eigenvalue weighted by Crippen LogP contribution is 2.30. The highest BCUT2D eigenvalue weighted by Gasteiger charge is 2.29. The number of nitrogens with two attached hydrogens (primary N) is 1. The van der Waals surface area contributed by atoms with Gasteiger partial charge in [0.2, 0.25) is 5.91 Å². The van der Waals surface area contributed by atoms with Crippen molar-refractivity contribution in [3.8, 4) is 5.75 Å². The average molecular weight is 250 g/mol. The van der Waals surface area contributed by atoms with E-state index in [0.717, 1.165) is 25.1 Å². The van der Waals surface area contributed by atoms with Crippen LogP contribution in [-0.4, -0.2) is 35.3 Å². The highest BCUT2D eigenvalue weighted by atomic mass is 16.3. The van der Waals surface area contributed by atoms with Gasteiger partial charge in [0, 0.05) is 24.9 Å². The number of benzene rings is 1. The fourth-order valence-corrected chi connectivity index (χ4v) is 2.43. The summed E-state index contributed by atoms with van der Waals surface area (Å²) in [5.74, 6) is -0.178. The smallest absolute Gasteiger partial charge is 0.240 e. The number of aliphatic hydroxyl groups excluding tert-OH is 1. The molecule has 1 aromatic rings. The van der Waals surface area contributed by atoms with Gasteiger partial charge in [0.25, 0.3) is 0 Å². The van der Waals surface area contributed by atoms with Crippen molar-refractivity contribution in [2.24, 2.45) is 5.73 Å². The number of carbonyl (C=O) groups is 1. The molecule has 1 fully saturated rings. The Labute approximate surface area is 106 Å². The molecule has 5 nitrogen and oxygen atoms in total. The molecule has 1 atom stereocenters. The van der Waals surface area contributed by atoms with E-state index in [-0.39, 0.29) is 24.3 Å². The van der Waals surface area contributed by atoms with E-state index in [2.05, 4.69) is 0 Å². The van der Waals surface area contributed by atoms with Gasteiger partial charge in [0.15, 0.2) is 0 Å². The van der Waals surface area contributed by atoms with Crippen LogP contribution in [0.4, 0.5) is 5.69 Å². The minimum Gasteiger partial charge on any atom is -0.508 e. The zero-order chi connectivity index (χ0) is 13.1. The van der Waals surface area contributed by atoms with E-state index in [1.54, 1.807) is 12.1 Å². The summed E-state index contributed by atoms with van der Waals surface area (Å²) in [6.07, 6.45) is 2.10. The number of phenols is 1. The van der Waals surface area contributed by atoms with Gasteiger partial charge in [-0.15, -0.1) is 0 Å². The SMILES string of the molecule is NC(=O)C1CCCN1c1ccc(CCO)c(O)c1. The van der Waals surface area contributed by atoms with Crippen LogP contribution in [0.2, 0.25) is 0 Å². The van der Waals surface area contributed by atoms with Gasteiger partial charge in [-0.1, -0.05) is 6.07 Å². The fourth-order valence-electron chi connectivity index (χ4n) is 2.43. The number of anilines is 1. The van der Waals surface area contributed by atoms with Gasteiger partial charge < -0.3 is 20.8 Å². The molecule has 0 aliphatic carbocycles. The quantitative estimate of drug-likeness (QED) is 0.721. The lowest BCUT2D eigenvalue weighted by Crippen LogP contribution is -2.40. The van der Waals surface area contributed by atoms with Crippen molar-refractivity contribution in [1.82, 2.24) is 0 Å². The second-order valence-electron chi connectivity index (χ2n) is 4.54. The molecule has 0 spiro atoms. The first-order valence-corrected chi connectivity index (χ1v) is 6.12. The van der Waals surface area contributed by atoms with Crippen molar-refractivity contribution in [2.75, 3.05) is 18.1 Å². The average Bonchev–Trinajstić information content (AvgIpc) is 2.81. The van der Waals surface area contributed by atoms with Crippen LogP contribution in [0, 0.1) is 0 Å². The summed E-state index contributed by atoms with van der Waals surface area (Å²) < 4.78 is 0. The van der Waals surface area contributed by atoms with Gasteiger partial charge >= 0.3 is 0 Å². The lowest BCUT2D eigenvalue weighted by Gasteiger charge is -2.24. The van der Waals surface area contributed by atoms with E-state index in [0.29, 0.717) is 12.0 Å². The van der Waals surface area contributed by atoms with Crippen LogP contribution in [-0.2, 0) is 11.2 Å². The third-order valence-electron chi connectivity index (χ3n) is 3.36. The van der Waals surface area contributed by atoms with Gasteiger partial charge in [0.1, 0.15) is 11.8 Å². The molecular formula is C13H18N2O3. The summed E-state index contributed by atoms with van der Waals surface area (Å²) in [6, 6.07) is 4.98. The minimum absolute atomic E-state index is 0.000528. The number of aromatic hydroxyl groups is 1. The molecule has 5 heteroatoms. The Bertz CT molecular complexity index is 448. The van der Waals surface area contributed by atoms with E-state index < -0.39 is 0 Å². The van der Waals surface area contributed by atoms with Crippen molar-refractivity contribution in [2.45, 2.75) is 25.3 Å². The van der Waals surface area contributed by atoms with Crippen molar-refractivity contribution in [3.05, 3.63) is 23.8 Å². The summed E-state index contributed by atoms with van der Waals surface area (Å²) in [4.78, 5) is 13.2. The largest absolute Gasteiger partial charge is 0.508 e. The molecule has 18 heavy (non-hydrogen) atoms. The molecule has 4 N–H and O–H groups in total. The Balaban J connectivity index is 2.23. The molecule has 1 unspecified atom stereocenters. The maximum atomic E-state index is 11.3. The molecule has 0 saturated carbocycles. The van der Waals surface area contributed by atoms with E-state index in [1.165, 1.54) is 0 Å². The van der Waals surface area contributed by atoms with Crippen molar-refractivity contribution < 1.29 is 15.0 Å². The normalized spacial score (nSPS) is 19.2. The summed E-state index contributed by atoms with van der Waals surface area (Å²) in [5, 5.41) is 18.7. The number of carbonyl (C=O) groups excluding carboxylic acids is 1. The number of phenolic OH excluding ortho intramolecular Hbond substituents is 1. The van der Waals surface area contributed by atoms with Crippen LogP contribution in [0.15, 0.2) is 18.2 Å². The van der Waals surface area contributed by atoms with Crippen molar-refractivity contribution >= 4 is 11.6 Å². The second kappa shape index (κ2) is 5.27. The summed E-state index contributed by atoms with van der Waals surface area (Å²) in [6.45, 7) is 0.771. The predicted octanol–water partition coefficient (Wildman–Crippen LogP) is 0.381. The number of nitrogens with zero attached hydrogens (tertiary/aromatic N) is 1. The number of hydrogen-bond donors (Lipinski definition) is 3. The first-order chi connectivity index (χ1) is 8.63. The first-order valence-electron chi connectivity index (χ1n) is 6.12. The third-order valence-corrected chi connectivity index (χ3v) is 3.36. The van der Waals surface area contributed by atoms with E-state index in [1.807, 2.05) is 11.0 Å². The molecule has 1 amide bonds. The van der Waals surface area contributed by atoms with Crippen LogP contribution in [0.1, 0.15) is 18.4 Å². The summed E-state index contributed by atoms with van der Waals surface area (Å²) in [5.41, 5.74) is 6.87. The Hall–Kier alpha value is -1.75. The topological polar surface area (TPSA) is 86.8 Å². The lowest BCUT2D eigenvalue weighted by molar-refractivity contribution is -0.119. The van der Waals surface area contributed by atoms with E-state index >= 15 is 0 Å². The molecule has 1 aliphatic rings. The zero-order valence-electron chi connectivity index (χ0n) is 10.2. The Morgan fingerprint density at radius 2 is 2.28 bits per heavy atom. The maximum Gasteiger partial charge on any atom is 0.240 e. The van der Waals surface area contributed by atoms with Crippen LogP contribution in [0.3, 0.4) is 0 Å². The second-order valence-corrected chi connectivity index (χ2v) is 4.54. The predicted molar refractivity (Wildman–Crippen MR) is 68.5 cm³/mol. The molecule has 0 bridgehead atoms. The highest BCUT2D eigenvalue weighted by molar-refractivity contribution is 5.84. The Kier molecular flexibility index (Phi) is 3.72. The number of primary amides is 1. The number of aliphatic hydroxyl groups is 1. The lowest BCUT2D eigenvalue weighted by atomic mass is 10.1. The molecule has 1 aromatic carbocycles. The van der Waals surface area contributed by atoms with E-state index in [9.17, 15) is 9.90 Å². The van der Waals surface area contributed by atoms with Crippen LogP contribution < -0.4 is 10.6 Å². The standard InChI is InChI=1S/C13H18N2O3/c14-13(18)11-2-1-6-15(11)10-4-3-9(5-7-16)12(17)8-10/h3-4,8,11,16-17H,1-2,5-7H2,(H2,14,18). The van der Waals surface area contributed by atoms with Crippen LogP contribution in [0.25, 0.3) is 0 Å². The summed E-state index contributed by atoms with van der Waals surface area (Å²) in [7, 11) is 0. The van der Waals surface area contributed by atoms with Crippen LogP contribution in [0.5, 0.6) is 5.75 Å². The molecule has 0 aromatic heterocycles. The van der Waals surface area contributed by atoms with E-state index in [4.69, 9.17) is 10.8 Å².